The summed E-state index contributed by atoms with van der Waals surface area (Å²) in [5.74, 6) is 0.354. The van der Waals surface area contributed by atoms with Gasteiger partial charge in [-0.05, 0) is 80.6 Å². The molecule has 0 fully saturated rings. The van der Waals surface area contributed by atoms with Crippen LogP contribution in [-0.4, -0.2) is 35.6 Å². The molecule has 5 heteroatoms. The molecule has 0 saturated heterocycles. The first-order chi connectivity index (χ1) is 13.1. The Labute approximate surface area is 165 Å². The number of aryl methyl sites for hydroxylation is 2. The number of fused-ring (bicyclic) bond motifs is 1. The number of nitrogens with one attached hydrogen (secondary N) is 1. The molecular weight excluding hydrogens is 356 g/mol. The second-order valence-electron chi connectivity index (χ2n) is 6.68. The number of benzene rings is 2. The van der Waals surface area contributed by atoms with Gasteiger partial charge in [-0.15, -0.1) is 11.8 Å². The molecule has 0 spiro atoms. The molecule has 0 aromatic heterocycles. The summed E-state index contributed by atoms with van der Waals surface area (Å²) in [5, 5.41) is 2.90. The maximum Gasteiger partial charge on any atom is 0.253 e. The third kappa shape index (κ3) is 4.92. The Balaban J connectivity index is 1.52. The standard InChI is InChI=1S/C22H26N2O2S/c1-3-24(4-2)22(26)17-8-11-19(12-9-17)23-21(25)15-27-20-13-10-16-6-5-7-18(16)14-20/h8-14H,3-7,15H2,1-2H3,(H,23,25). The van der Waals surface area contributed by atoms with Gasteiger partial charge in [0.15, 0.2) is 0 Å². The minimum absolute atomic E-state index is 0.0186. The SMILES string of the molecule is CCN(CC)C(=O)c1ccc(NC(=O)CSc2ccc3c(c2)CCC3)cc1. The first kappa shape index (κ1) is 19.5. The number of hydrogen-bond donors (Lipinski definition) is 1. The minimum atomic E-state index is -0.0386. The molecule has 1 N–H and O–H groups in total. The van der Waals surface area contributed by atoms with Crippen LogP contribution in [-0.2, 0) is 17.6 Å². The van der Waals surface area contributed by atoms with Crippen molar-refractivity contribution in [2.45, 2.75) is 38.0 Å². The molecule has 2 amide bonds. The number of rotatable bonds is 7. The summed E-state index contributed by atoms with van der Waals surface area (Å²) >= 11 is 1.56. The van der Waals surface area contributed by atoms with Crippen molar-refractivity contribution in [3.63, 3.8) is 0 Å². The molecule has 142 valence electrons. The quantitative estimate of drug-likeness (QED) is 0.723. The van der Waals surface area contributed by atoms with Gasteiger partial charge in [-0.25, -0.2) is 0 Å². The highest BCUT2D eigenvalue weighted by molar-refractivity contribution is 8.00. The van der Waals surface area contributed by atoms with E-state index in [-0.39, 0.29) is 11.8 Å². The fourth-order valence-corrected chi connectivity index (χ4v) is 4.13. The Morgan fingerprint density at radius 2 is 1.70 bits per heavy atom. The molecule has 0 atom stereocenters. The lowest BCUT2D eigenvalue weighted by molar-refractivity contribution is -0.113. The smallest absolute Gasteiger partial charge is 0.253 e. The van der Waals surface area contributed by atoms with Gasteiger partial charge in [0.2, 0.25) is 5.91 Å². The molecule has 2 aromatic carbocycles. The predicted octanol–water partition coefficient (Wildman–Crippen LogP) is 4.39. The van der Waals surface area contributed by atoms with Gasteiger partial charge in [-0.1, -0.05) is 6.07 Å². The largest absolute Gasteiger partial charge is 0.339 e. The van der Waals surface area contributed by atoms with Crippen molar-refractivity contribution in [1.29, 1.82) is 0 Å². The van der Waals surface area contributed by atoms with Gasteiger partial charge in [0.05, 0.1) is 5.75 Å². The van der Waals surface area contributed by atoms with E-state index in [1.807, 2.05) is 13.8 Å². The zero-order valence-corrected chi connectivity index (χ0v) is 16.8. The summed E-state index contributed by atoms with van der Waals surface area (Å²) in [4.78, 5) is 27.5. The van der Waals surface area contributed by atoms with Crippen LogP contribution in [0.2, 0.25) is 0 Å². The van der Waals surface area contributed by atoms with E-state index in [1.54, 1.807) is 40.9 Å². The number of thioether (sulfide) groups is 1. The van der Waals surface area contributed by atoms with Crippen LogP contribution in [0.3, 0.4) is 0 Å². The monoisotopic (exact) mass is 382 g/mol. The Morgan fingerprint density at radius 3 is 2.41 bits per heavy atom. The van der Waals surface area contributed by atoms with Crippen LogP contribution in [0.1, 0.15) is 41.8 Å². The van der Waals surface area contributed by atoms with Gasteiger partial charge in [-0.3, -0.25) is 9.59 Å². The van der Waals surface area contributed by atoms with E-state index < -0.39 is 0 Å². The summed E-state index contributed by atoms with van der Waals surface area (Å²) in [6.07, 6.45) is 3.55. The zero-order chi connectivity index (χ0) is 19.2. The number of hydrogen-bond acceptors (Lipinski definition) is 3. The summed E-state index contributed by atoms with van der Waals surface area (Å²) in [6, 6.07) is 13.6. The van der Waals surface area contributed by atoms with Crippen molar-refractivity contribution in [1.82, 2.24) is 4.90 Å². The fourth-order valence-electron chi connectivity index (χ4n) is 3.37. The van der Waals surface area contributed by atoms with E-state index in [0.29, 0.717) is 30.1 Å². The molecule has 2 aromatic rings. The minimum Gasteiger partial charge on any atom is -0.339 e. The van der Waals surface area contributed by atoms with Crippen LogP contribution in [0.5, 0.6) is 0 Å². The van der Waals surface area contributed by atoms with Crippen LogP contribution in [0.15, 0.2) is 47.4 Å². The number of amides is 2. The Kier molecular flexibility index (Phi) is 6.56. The summed E-state index contributed by atoms with van der Waals surface area (Å²) < 4.78 is 0. The van der Waals surface area contributed by atoms with Gasteiger partial charge < -0.3 is 10.2 Å². The topological polar surface area (TPSA) is 49.4 Å². The molecule has 0 saturated carbocycles. The first-order valence-corrected chi connectivity index (χ1v) is 10.5. The van der Waals surface area contributed by atoms with Gasteiger partial charge in [0.1, 0.15) is 0 Å². The maximum atomic E-state index is 12.3. The normalized spacial score (nSPS) is 12.5. The highest BCUT2D eigenvalue weighted by Crippen LogP contribution is 2.27. The number of anilines is 1. The van der Waals surface area contributed by atoms with E-state index in [4.69, 9.17) is 0 Å². The van der Waals surface area contributed by atoms with Crippen molar-refractivity contribution < 1.29 is 9.59 Å². The summed E-state index contributed by atoms with van der Waals surface area (Å²) in [7, 11) is 0. The first-order valence-electron chi connectivity index (χ1n) is 9.54. The molecule has 1 aliphatic carbocycles. The van der Waals surface area contributed by atoms with Crippen LogP contribution in [0.25, 0.3) is 0 Å². The van der Waals surface area contributed by atoms with E-state index in [9.17, 15) is 9.59 Å². The van der Waals surface area contributed by atoms with Gasteiger partial charge in [0, 0.05) is 29.2 Å². The average molecular weight is 383 g/mol. The van der Waals surface area contributed by atoms with E-state index in [1.165, 1.54) is 24.0 Å². The van der Waals surface area contributed by atoms with Gasteiger partial charge >= 0.3 is 0 Å². The molecule has 27 heavy (non-hydrogen) atoms. The maximum absolute atomic E-state index is 12.3. The molecule has 0 aliphatic heterocycles. The lowest BCUT2D eigenvalue weighted by Gasteiger charge is -2.18. The Hall–Kier alpha value is -2.27. The molecule has 1 aliphatic rings. The molecule has 0 bridgehead atoms. The summed E-state index contributed by atoms with van der Waals surface area (Å²) in [5.41, 5.74) is 4.23. The van der Waals surface area contributed by atoms with Crippen molar-refractivity contribution >= 4 is 29.3 Å². The van der Waals surface area contributed by atoms with E-state index >= 15 is 0 Å². The number of carbonyl (C=O) groups excluding carboxylic acids is 2. The number of carbonyl (C=O) groups is 2. The molecule has 0 radical (unpaired) electrons. The molecule has 4 nitrogen and oxygen atoms in total. The zero-order valence-electron chi connectivity index (χ0n) is 16.0. The highest BCUT2D eigenvalue weighted by atomic mass is 32.2. The van der Waals surface area contributed by atoms with E-state index in [0.717, 1.165) is 11.3 Å². The molecular formula is C22H26N2O2S. The van der Waals surface area contributed by atoms with Crippen LogP contribution in [0, 0.1) is 0 Å². The Bertz CT molecular complexity index is 814. The molecule has 0 unspecified atom stereocenters. The third-order valence-electron chi connectivity index (χ3n) is 4.91. The second-order valence-corrected chi connectivity index (χ2v) is 7.72. The van der Waals surface area contributed by atoms with Crippen LogP contribution < -0.4 is 5.32 Å². The van der Waals surface area contributed by atoms with Gasteiger partial charge in [-0.2, -0.15) is 0 Å². The average Bonchev–Trinajstić information content (AvgIpc) is 3.15. The Morgan fingerprint density at radius 1 is 1.00 bits per heavy atom. The van der Waals surface area contributed by atoms with Crippen molar-refractivity contribution in [2.75, 3.05) is 24.2 Å². The van der Waals surface area contributed by atoms with Crippen molar-refractivity contribution in [3.8, 4) is 0 Å². The summed E-state index contributed by atoms with van der Waals surface area (Å²) in [6.45, 7) is 5.31. The second kappa shape index (κ2) is 9.09. The fraction of sp³-hybridized carbons (Fsp3) is 0.364. The lowest BCUT2D eigenvalue weighted by Crippen LogP contribution is -2.30. The van der Waals surface area contributed by atoms with Crippen LogP contribution in [0.4, 0.5) is 5.69 Å². The highest BCUT2D eigenvalue weighted by Gasteiger charge is 2.13. The molecule has 3 rings (SSSR count). The van der Waals surface area contributed by atoms with Crippen molar-refractivity contribution in [3.05, 3.63) is 59.2 Å². The third-order valence-corrected chi connectivity index (χ3v) is 5.90. The lowest BCUT2D eigenvalue weighted by atomic mass is 10.1. The number of nitrogens with zero attached hydrogens (tertiary/aromatic N) is 1. The van der Waals surface area contributed by atoms with E-state index in [2.05, 4.69) is 23.5 Å². The van der Waals surface area contributed by atoms with Gasteiger partial charge in [0.25, 0.3) is 5.91 Å². The molecule has 0 heterocycles. The predicted molar refractivity (Wildman–Crippen MR) is 112 cm³/mol. The van der Waals surface area contributed by atoms with Crippen molar-refractivity contribution in [2.24, 2.45) is 0 Å². The van der Waals surface area contributed by atoms with Crippen LogP contribution >= 0.6 is 11.8 Å².